The first-order valence-electron chi connectivity index (χ1n) is 3.27. The highest BCUT2D eigenvalue weighted by atomic mass is 19.1. The molecule has 0 unspecified atom stereocenters. The van der Waals surface area contributed by atoms with E-state index in [0.717, 1.165) is 0 Å². The van der Waals surface area contributed by atoms with Crippen LogP contribution in [0.5, 0.6) is 11.5 Å². The van der Waals surface area contributed by atoms with Gasteiger partial charge in [-0.1, -0.05) is 12.1 Å². The lowest BCUT2D eigenvalue weighted by atomic mass is 10.3. The van der Waals surface area contributed by atoms with E-state index in [2.05, 4.69) is 0 Å². The van der Waals surface area contributed by atoms with Gasteiger partial charge in [-0.3, -0.25) is 0 Å². The zero-order chi connectivity index (χ0) is 7.68. The summed E-state index contributed by atoms with van der Waals surface area (Å²) in [6.07, 6.45) is -0.594. The summed E-state index contributed by atoms with van der Waals surface area (Å²) in [7, 11) is 0. The molecule has 0 aromatic heterocycles. The molecule has 0 bridgehead atoms. The summed E-state index contributed by atoms with van der Waals surface area (Å²) >= 11 is 0. The summed E-state index contributed by atoms with van der Waals surface area (Å²) in [6, 6.07) is 6.97. The van der Waals surface area contributed by atoms with Crippen LogP contribution < -0.4 is 9.47 Å². The second-order valence-corrected chi connectivity index (χ2v) is 2.19. The van der Waals surface area contributed by atoms with E-state index in [1.165, 1.54) is 0 Å². The predicted molar refractivity (Wildman–Crippen MR) is 36.9 cm³/mol. The Morgan fingerprint density at radius 3 is 2.73 bits per heavy atom. The van der Waals surface area contributed by atoms with Crippen LogP contribution in [-0.4, -0.2) is 6.61 Å². The van der Waals surface area contributed by atoms with Gasteiger partial charge in [0.2, 0.25) is 0 Å². The largest absolute Gasteiger partial charge is 0.482 e. The number of halogens is 1. The lowest BCUT2D eigenvalue weighted by Gasteiger charge is -2.19. The Kier molecular flexibility index (Phi) is 1.42. The third-order valence-electron chi connectivity index (χ3n) is 1.41. The molecule has 0 spiro atoms. The number of para-hydroxylation sites is 2. The summed E-state index contributed by atoms with van der Waals surface area (Å²) in [5.74, 6) is 1.03. The van der Waals surface area contributed by atoms with Crippen LogP contribution in [0.3, 0.4) is 0 Å². The summed E-state index contributed by atoms with van der Waals surface area (Å²) < 4.78 is 22.2. The highest BCUT2D eigenvalue weighted by molar-refractivity contribution is 5.41. The first-order chi connectivity index (χ1) is 5.36. The molecule has 1 aliphatic rings. The van der Waals surface area contributed by atoms with E-state index in [1.807, 2.05) is 6.07 Å². The smallest absolute Gasteiger partial charge is 0.355 e. The molecule has 1 heterocycles. The fourth-order valence-corrected chi connectivity index (χ4v) is 0.937. The Morgan fingerprint density at radius 2 is 1.91 bits per heavy atom. The molecule has 57 valence electrons. The minimum absolute atomic E-state index is 0.100. The van der Waals surface area contributed by atoms with Gasteiger partial charge in [0, 0.05) is 0 Å². The van der Waals surface area contributed by atoms with Gasteiger partial charge in [-0.05, 0) is 12.1 Å². The number of benzene rings is 1. The fourth-order valence-electron chi connectivity index (χ4n) is 0.937. The number of ether oxygens (including phenoxy) is 2. The SMILES string of the molecule is F[C]1COc2ccccc2O1. The van der Waals surface area contributed by atoms with Crippen LogP contribution in [0.15, 0.2) is 24.3 Å². The van der Waals surface area contributed by atoms with Gasteiger partial charge in [-0.25, -0.2) is 0 Å². The summed E-state index contributed by atoms with van der Waals surface area (Å²) in [5.41, 5.74) is 0. The van der Waals surface area contributed by atoms with Crippen molar-refractivity contribution >= 4 is 0 Å². The van der Waals surface area contributed by atoms with Crippen LogP contribution in [0.1, 0.15) is 0 Å². The van der Waals surface area contributed by atoms with Crippen LogP contribution in [0, 0.1) is 6.36 Å². The molecule has 3 heteroatoms. The maximum Gasteiger partial charge on any atom is 0.355 e. The van der Waals surface area contributed by atoms with Crippen molar-refractivity contribution in [1.82, 2.24) is 0 Å². The molecule has 2 nitrogen and oxygen atoms in total. The maximum absolute atomic E-state index is 12.4. The van der Waals surface area contributed by atoms with Crippen molar-refractivity contribution in [3.63, 3.8) is 0 Å². The van der Waals surface area contributed by atoms with Crippen molar-refractivity contribution in [3.05, 3.63) is 30.6 Å². The van der Waals surface area contributed by atoms with Crippen LogP contribution in [0.4, 0.5) is 4.39 Å². The fraction of sp³-hybridized carbons (Fsp3) is 0.125. The van der Waals surface area contributed by atoms with Crippen molar-refractivity contribution in [2.45, 2.75) is 0 Å². The quantitative estimate of drug-likeness (QED) is 0.566. The highest BCUT2D eigenvalue weighted by Gasteiger charge is 2.20. The molecule has 1 aromatic carbocycles. The topological polar surface area (TPSA) is 18.5 Å². The number of fused-ring (bicyclic) bond motifs is 1. The van der Waals surface area contributed by atoms with Gasteiger partial charge < -0.3 is 9.47 Å². The van der Waals surface area contributed by atoms with Crippen LogP contribution >= 0.6 is 0 Å². The summed E-state index contributed by atoms with van der Waals surface area (Å²) in [4.78, 5) is 0. The van der Waals surface area contributed by atoms with E-state index in [1.54, 1.807) is 18.2 Å². The van der Waals surface area contributed by atoms with Gasteiger partial charge >= 0.3 is 6.36 Å². The summed E-state index contributed by atoms with van der Waals surface area (Å²) in [6.45, 7) is -0.100. The molecule has 0 N–H and O–H groups in total. The molecular formula is C8H6FO2. The second-order valence-electron chi connectivity index (χ2n) is 2.19. The average Bonchev–Trinajstić information content (AvgIpc) is 2.04. The Balaban J connectivity index is 2.34. The van der Waals surface area contributed by atoms with Gasteiger partial charge in [0.05, 0.1) is 0 Å². The van der Waals surface area contributed by atoms with Gasteiger partial charge in [0.15, 0.2) is 18.1 Å². The first-order valence-corrected chi connectivity index (χ1v) is 3.27. The summed E-state index contributed by atoms with van der Waals surface area (Å²) in [5, 5.41) is 0. The van der Waals surface area contributed by atoms with Gasteiger partial charge in [0.1, 0.15) is 0 Å². The Hall–Kier alpha value is -1.25. The highest BCUT2D eigenvalue weighted by Crippen LogP contribution is 2.33. The van der Waals surface area contributed by atoms with Crippen LogP contribution in [0.25, 0.3) is 0 Å². The standard InChI is InChI=1S/C8H6FO2/c9-8-5-10-6-3-1-2-4-7(6)11-8/h1-4H,5H2. The zero-order valence-electron chi connectivity index (χ0n) is 5.71. The number of rotatable bonds is 0. The van der Waals surface area contributed by atoms with Gasteiger partial charge in [-0.15, -0.1) is 0 Å². The molecule has 1 radical (unpaired) electrons. The third-order valence-corrected chi connectivity index (χ3v) is 1.41. The number of hydrogen-bond donors (Lipinski definition) is 0. The van der Waals surface area contributed by atoms with Crippen molar-refractivity contribution < 1.29 is 13.9 Å². The minimum atomic E-state index is -0.594. The maximum atomic E-state index is 12.4. The van der Waals surface area contributed by atoms with Crippen molar-refractivity contribution in [2.75, 3.05) is 6.61 Å². The van der Waals surface area contributed by atoms with Crippen LogP contribution in [-0.2, 0) is 0 Å². The lowest BCUT2D eigenvalue weighted by Crippen LogP contribution is -2.17. The van der Waals surface area contributed by atoms with Gasteiger partial charge in [-0.2, -0.15) is 4.39 Å². The lowest BCUT2D eigenvalue weighted by molar-refractivity contribution is 0.0936. The molecule has 0 aliphatic carbocycles. The predicted octanol–water partition coefficient (Wildman–Crippen LogP) is 1.92. The third kappa shape index (κ3) is 1.13. The molecule has 1 aliphatic heterocycles. The van der Waals surface area contributed by atoms with Gasteiger partial charge in [0.25, 0.3) is 0 Å². The minimum Gasteiger partial charge on any atom is -0.482 e. The monoisotopic (exact) mass is 153 g/mol. The van der Waals surface area contributed by atoms with Crippen molar-refractivity contribution in [1.29, 1.82) is 0 Å². The molecular weight excluding hydrogens is 147 g/mol. The van der Waals surface area contributed by atoms with E-state index < -0.39 is 6.36 Å². The first kappa shape index (κ1) is 6.46. The Bertz CT molecular complexity index is 262. The molecule has 11 heavy (non-hydrogen) atoms. The molecule has 0 saturated heterocycles. The van der Waals surface area contributed by atoms with E-state index >= 15 is 0 Å². The van der Waals surface area contributed by atoms with Crippen LogP contribution in [0.2, 0.25) is 0 Å². The van der Waals surface area contributed by atoms with E-state index in [9.17, 15) is 4.39 Å². The Labute approximate surface area is 63.5 Å². The zero-order valence-corrected chi connectivity index (χ0v) is 5.71. The average molecular weight is 153 g/mol. The van der Waals surface area contributed by atoms with E-state index in [4.69, 9.17) is 9.47 Å². The molecule has 2 rings (SSSR count). The molecule has 0 saturated carbocycles. The molecule has 0 amide bonds. The van der Waals surface area contributed by atoms with E-state index in [-0.39, 0.29) is 6.61 Å². The Morgan fingerprint density at radius 1 is 1.18 bits per heavy atom. The molecule has 0 atom stereocenters. The molecule has 0 fully saturated rings. The molecule has 1 aromatic rings. The van der Waals surface area contributed by atoms with Crippen molar-refractivity contribution in [3.8, 4) is 11.5 Å². The normalized spacial score (nSPS) is 16.5. The second kappa shape index (κ2) is 2.42. The van der Waals surface area contributed by atoms with E-state index in [0.29, 0.717) is 11.5 Å². The van der Waals surface area contributed by atoms with Crippen molar-refractivity contribution in [2.24, 2.45) is 0 Å². The number of hydrogen-bond acceptors (Lipinski definition) is 2.